The molecule has 4 nitrogen and oxygen atoms in total. The standard InChI is InChI=1S/C11H21NO3/c1-4-11(2,3)15-10(14)12-8-6-5-7-9(12)13/h9,13H,4-8H2,1-3H3. The van der Waals surface area contributed by atoms with Crippen molar-refractivity contribution in [2.24, 2.45) is 0 Å². The Labute approximate surface area is 91.2 Å². The summed E-state index contributed by atoms with van der Waals surface area (Å²) in [4.78, 5) is 13.1. The number of rotatable bonds is 2. The Morgan fingerprint density at radius 1 is 1.53 bits per heavy atom. The predicted molar refractivity (Wildman–Crippen MR) is 57.4 cm³/mol. The normalized spacial score (nSPS) is 22.7. The number of aliphatic hydroxyl groups excluding tert-OH is 1. The Morgan fingerprint density at radius 2 is 2.20 bits per heavy atom. The lowest BCUT2D eigenvalue weighted by molar-refractivity contribution is -0.0501. The van der Waals surface area contributed by atoms with Gasteiger partial charge in [0.05, 0.1) is 0 Å². The fourth-order valence-electron chi connectivity index (χ4n) is 1.49. The first kappa shape index (κ1) is 12.3. The van der Waals surface area contributed by atoms with Gasteiger partial charge in [0, 0.05) is 6.54 Å². The number of amides is 1. The van der Waals surface area contributed by atoms with E-state index in [1.807, 2.05) is 20.8 Å². The van der Waals surface area contributed by atoms with E-state index in [1.54, 1.807) is 0 Å². The highest BCUT2D eigenvalue weighted by Crippen LogP contribution is 2.20. The van der Waals surface area contributed by atoms with Crippen LogP contribution in [0, 0.1) is 0 Å². The van der Waals surface area contributed by atoms with Crippen LogP contribution in [0.3, 0.4) is 0 Å². The number of nitrogens with zero attached hydrogens (tertiary/aromatic N) is 1. The van der Waals surface area contributed by atoms with E-state index in [9.17, 15) is 9.90 Å². The Kier molecular flexibility index (Phi) is 3.97. The molecule has 1 atom stereocenters. The maximum atomic E-state index is 11.7. The summed E-state index contributed by atoms with van der Waals surface area (Å²) in [6.07, 6.45) is 2.28. The molecule has 1 fully saturated rings. The zero-order valence-electron chi connectivity index (χ0n) is 9.82. The Hall–Kier alpha value is -0.770. The lowest BCUT2D eigenvalue weighted by Crippen LogP contribution is -2.46. The first-order chi connectivity index (χ1) is 6.96. The highest BCUT2D eigenvalue weighted by atomic mass is 16.6. The molecular weight excluding hydrogens is 194 g/mol. The van der Waals surface area contributed by atoms with Crippen LogP contribution in [-0.2, 0) is 4.74 Å². The second kappa shape index (κ2) is 4.84. The van der Waals surface area contributed by atoms with Crippen molar-refractivity contribution in [2.75, 3.05) is 6.54 Å². The van der Waals surface area contributed by atoms with Crippen molar-refractivity contribution in [2.45, 2.75) is 58.3 Å². The first-order valence-electron chi connectivity index (χ1n) is 5.64. The van der Waals surface area contributed by atoms with E-state index in [2.05, 4.69) is 0 Å². The lowest BCUT2D eigenvalue weighted by Gasteiger charge is -2.34. The molecule has 1 rings (SSSR count). The number of carbonyl (C=O) groups is 1. The fraction of sp³-hybridized carbons (Fsp3) is 0.909. The molecule has 0 aromatic rings. The monoisotopic (exact) mass is 215 g/mol. The molecule has 1 saturated heterocycles. The molecule has 88 valence electrons. The van der Waals surface area contributed by atoms with Gasteiger partial charge < -0.3 is 9.84 Å². The minimum Gasteiger partial charge on any atom is -0.443 e. The summed E-state index contributed by atoms with van der Waals surface area (Å²) in [5, 5.41) is 9.63. The minimum atomic E-state index is -0.668. The van der Waals surface area contributed by atoms with Gasteiger partial charge in [-0.25, -0.2) is 4.79 Å². The van der Waals surface area contributed by atoms with E-state index in [4.69, 9.17) is 4.74 Å². The van der Waals surface area contributed by atoms with Crippen LogP contribution in [0.4, 0.5) is 4.79 Å². The molecule has 4 heteroatoms. The van der Waals surface area contributed by atoms with E-state index in [1.165, 1.54) is 4.90 Å². The van der Waals surface area contributed by atoms with E-state index in [-0.39, 0.29) is 0 Å². The highest BCUT2D eigenvalue weighted by molar-refractivity contribution is 5.68. The smallest absolute Gasteiger partial charge is 0.412 e. The molecule has 0 bridgehead atoms. The average molecular weight is 215 g/mol. The van der Waals surface area contributed by atoms with E-state index in [0.717, 1.165) is 19.3 Å². The summed E-state index contributed by atoms with van der Waals surface area (Å²) in [5.74, 6) is 0. The molecule has 1 amide bonds. The number of likely N-dealkylation sites (tertiary alicyclic amines) is 1. The van der Waals surface area contributed by atoms with Crippen LogP contribution < -0.4 is 0 Å². The van der Waals surface area contributed by atoms with Crippen LogP contribution in [0.15, 0.2) is 0 Å². The molecule has 1 N–H and O–H groups in total. The third kappa shape index (κ3) is 3.38. The molecule has 1 unspecified atom stereocenters. The van der Waals surface area contributed by atoms with Gasteiger partial charge >= 0.3 is 6.09 Å². The Morgan fingerprint density at radius 3 is 2.73 bits per heavy atom. The van der Waals surface area contributed by atoms with Crippen molar-refractivity contribution in [3.63, 3.8) is 0 Å². The van der Waals surface area contributed by atoms with Crippen LogP contribution in [-0.4, -0.2) is 34.5 Å². The molecule has 1 heterocycles. The van der Waals surface area contributed by atoms with Gasteiger partial charge in [0.1, 0.15) is 11.8 Å². The molecule has 0 aromatic carbocycles. The van der Waals surface area contributed by atoms with E-state index in [0.29, 0.717) is 13.0 Å². The largest absolute Gasteiger partial charge is 0.443 e. The van der Waals surface area contributed by atoms with Gasteiger partial charge in [-0.2, -0.15) is 0 Å². The predicted octanol–water partition coefficient (Wildman–Crippen LogP) is 2.12. The minimum absolute atomic E-state index is 0.394. The zero-order valence-corrected chi connectivity index (χ0v) is 9.82. The van der Waals surface area contributed by atoms with Crippen molar-refractivity contribution < 1.29 is 14.6 Å². The van der Waals surface area contributed by atoms with Gasteiger partial charge in [0.2, 0.25) is 0 Å². The van der Waals surface area contributed by atoms with Gasteiger partial charge in [-0.1, -0.05) is 6.92 Å². The molecule has 1 aliphatic rings. The second-order valence-electron chi connectivity index (χ2n) is 4.65. The van der Waals surface area contributed by atoms with Crippen molar-refractivity contribution in [3.8, 4) is 0 Å². The second-order valence-corrected chi connectivity index (χ2v) is 4.65. The molecule has 0 radical (unpaired) electrons. The SMILES string of the molecule is CCC(C)(C)OC(=O)N1CCCCC1O. The number of hydrogen-bond donors (Lipinski definition) is 1. The topological polar surface area (TPSA) is 49.8 Å². The molecule has 1 aliphatic heterocycles. The molecule has 0 aliphatic carbocycles. The van der Waals surface area contributed by atoms with Gasteiger partial charge in [-0.15, -0.1) is 0 Å². The maximum Gasteiger partial charge on any atom is 0.412 e. The van der Waals surface area contributed by atoms with Gasteiger partial charge in [0.15, 0.2) is 0 Å². The van der Waals surface area contributed by atoms with Crippen molar-refractivity contribution in [3.05, 3.63) is 0 Å². The quantitative estimate of drug-likeness (QED) is 0.767. The van der Waals surface area contributed by atoms with Crippen LogP contribution >= 0.6 is 0 Å². The summed E-state index contributed by atoms with van der Waals surface area (Å²) >= 11 is 0. The van der Waals surface area contributed by atoms with Gasteiger partial charge in [-0.3, -0.25) is 4.90 Å². The first-order valence-corrected chi connectivity index (χ1v) is 5.64. The number of hydrogen-bond acceptors (Lipinski definition) is 3. The van der Waals surface area contributed by atoms with Crippen molar-refractivity contribution >= 4 is 6.09 Å². The highest BCUT2D eigenvalue weighted by Gasteiger charge is 2.29. The molecule has 0 saturated carbocycles. The van der Waals surface area contributed by atoms with Crippen LogP contribution in [0.5, 0.6) is 0 Å². The van der Waals surface area contributed by atoms with Crippen molar-refractivity contribution in [1.29, 1.82) is 0 Å². The van der Waals surface area contributed by atoms with Gasteiger partial charge in [0.25, 0.3) is 0 Å². The number of carbonyl (C=O) groups excluding carboxylic acids is 1. The molecule has 0 spiro atoms. The van der Waals surface area contributed by atoms with Crippen LogP contribution in [0.2, 0.25) is 0 Å². The van der Waals surface area contributed by atoms with Crippen LogP contribution in [0.1, 0.15) is 46.5 Å². The van der Waals surface area contributed by atoms with Crippen molar-refractivity contribution in [1.82, 2.24) is 4.90 Å². The van der Waals surface area contributed by atoms with Crippen LogP contribution in [0.25, 0.3) is 0 Å². The number of piperidine rings is 1. The average Bonchev–Trinajstić information content (AvgIpc) is 2.17. The Bertz CT molecular complexity index is 228. The number of ether oxygens (including phenoxy) is 1. The van der Waals surface area contributed by atoms with Gasteiger partial charge in [-0.05, 0) is 39.5 Å². The third-order valence-corrected chi connectivity index (χ3v) is 2.92. The maximum absolute atomic E-state index is 11.7. The fourth-order valence-corrected chi connectivity index (χ4v) is 1.49. The van der Waals surface area contributed by atoms with E-state index < -0.39 is 17.9 Å². The molecule has 15 heavy (non-hydrogen) atoms. The summed E-state index contributed by atoms with van der Waals surface area (Å²) in [5.41, 5.74) is -0.450. The third-order valence-electron chi connectivity index (χ3n) is 2.92. The Balaban J connectivity index is 2.52. The number of aliphatic hydroxyl groups is 1. The van der Waals surface area contributed by atoms with E-state index >= 15 is 0 Å². The molecule has 0 aromatic heterocycles. The summed E-state index contributed by atoms with van der Waals surface area (Å²) in [7, 11) is 0. The lowest BCUT2D eigenvalue weighted by atomic mass is 10.1. The summed E-state index contributed by atoms with van der Waals surface area (Å²) in [6, 6.07) is 0. The molecular formula is C11H21NO3. The zero-order chi connectivity index (χ0) is 11.5. The summed E-state index contributed by atoms with van der Waals surface area (Å²) in [6.45, 7) is 6.32. The summed E-state index contributed by atoms with van der Waals surface area (Å²) < 4.78 is 5.32.